The minimum absolute atomic E-state index is 0.00565. The van der Waals surface area contributed by atoms with Gasteiger partial charge in [-0.05, 0) is 12.5 Å². The van der Waals surface area contributed by atoms with Crippen molar-refractivity contribution in [1.82, 2.24) is 0 Å². The van der Waals surface area contributed by atoms with Gasteiger partial charge in [-0.25, -0.2) is 9.79 Å². The number of isocyanates is 1. The van der Waals surface area contributed by atoms with E-state index in [-0.39, 0.29) is 12.3 Å². The minimum atomic E-state index is -0.705. The molecule has 4 heteroatoms. The van der Waals surface area contributed by atoms with Crippen LogP contribution in [0.15, 0.2) is 17.1 Å². The fourth-order valence-corrected chi connectivity index (χ4v) is 0.659. The molecular formula is C8H11NO3. The van der Waals surface area contributed by atoms with Crippen molar-refractivity contribution in [3.05, 3.63) is 12.2 Å². The predicted octanol–water partition coefficient (Wildman–Crippen LogP) is 0.482. The summed E-state index contributed by atoms with van der Waals surface area (Å²) >= 11 is 0. The number of ether oxygens (including phenoxy) is 1. The Morgan fingerprint density at radius 2 is 2.33 bits per heavy atom. The van der Waals surface area contributed by atoms with Crippen LogP contribution in [0.25, 0.3) is 0 Å². The Balaban J connectivity index is 4.24. The molecule has 4 nitrogen and oxygen atoms in total. The van der Waals surface area contributed by atoms with Crippen LogP contribution >= 0.6 is 0 Å². The average molecular weight is 169 g/mol. The first kappa shape index (κ1) is 10.8. The molecule has 0 N–H and O–H groups in total. The lowest BCUT2D eigenvalue weighted by molar-refractivity contribution is -0.124. The number of ketones is 1. The van der Waals surface area contributed by atoms with E-state index in [1.54, 1.807) is 6.92 Å². The Hall–Kier alpha value is -1.25. The van der Waals surface area contributed by atoms with Gasteiger partial charge in [0.2, 0.25) is 6.08 Å². The largest absolute Gasteiger partial charge is 0.371 e. The van der Waals surface area contributed by atoms with Crippen molar-refractivity contribution in [1.29, 1.82) is 0 Å². The van der Waals surface area contributed by atoms with Gasteiger partial charge >= 0.3 is 0 Å². The normalized spacial score (nSPS) is 11.5. The van der Waals surface area contributed by atoms with Crippen molar-refractivity contribution in [2.75, 3.05) is 13.7 Å². The van der Waals surface area contributed by atoms with Gasteiger partial charge in [0.25, 0.3) is 0 Å². The lowest BCUT2D eigenvalue weighted by atomic mass is 10.1. The summed E-state index contributed by atoms with van der Waals surface area (Å²) < 4.78 is 4.79. The van der Waals surface area contributed by atoms with Crippen LogP contribution in [0.2, 0.25) is 0 Å². The van der Waals surface area contributed by atoms with E-state index in [9.17, 15) is 9.59 Å². The number of hydrogen-bond donors (Lipinski definition) is 0. The Labute approximate surface area is 70.9 Å². The molecule has 0 heterocycles. The molecule has 0 radical (unpaired) electrons. The smallest absolute Gasteiger partial charge is 0.235 e. The zero-order valence-electron chi connectivity index (χ0n) is 7.16. The summed E-state index contributed by atoms with van der Waals surface area (Å²) in [4.78, 5) is 24.2. The van der Waals surface area contributed by atoms with Crippen molar-refractivity contribution in [3.8, 4) is 0 Å². The molecule has 1 unspecified atom stereocenters. The maximum Gasteiger partial charge on any atom is 0.235 e. The molecule has 0 saturated heterocycles. The van der Waals surface area contributed by atoms with E-state index in [1.807, 2.05) is 0 Å². The lowest BCUT2D eigenvalue weighted by Gasteiger charge is -2.09. The zero-order chi connectivity index (χ0) is 9.56. The van der Waals surface area contributed by atoms with Gasteiger partial charge in [-0.3, -0.25) is 4.79 Å². The Morgan fingerprint density at radius 1 is 1.75 bits per heavy atom. The maximum absolute atomic E-state index is 11.2. The van der Waals surface area contributed by atoms with Gasteiger partial charge < -0.3 is 4.74 Å². The molecular weight excluding hydrogens is 158 g/mol. The molecule has 0 bridgehead atoms. The molecule has 0 rings (SSSR count). The second kappa shape index (κ2) is 5.41. The van der Waals surface area contributed by atoms with Gasteiger partial charge in [0.05, 0.1) is 6.54 Å². The predicted molar refractivity (Wildman–Crippen MR) is 43.6 cm³/mol. The second-order valence-electron chi connectivity index (χ2n) is 2.30. The van der Waals surface area contributed by atoms with Crippen molar-refractivity contribution in [2.45, 2.75) is 13.0 Å². The summed E-state index contributed by atoms with van der Waals surface area (Å²) in [6, 6.07) is 0. The molecule has 0 fully saturated rings. The van der Waals surface area contributed by atoms with Gasteiger partial charge in [-0.1, -0.05) is 6.58 Å². The minimum Gasteiger partial charge on any atom is -0.371 e. The first-order valence-electron chi connectivity index (χ1n) is 3.39. The van der Waals surface area contributed by atoms with Crippen LogP contribution in [0.5, 0.6) is 0 Å². The van der Waals surface area contributed by atoms with Crippen LogP contribution in [0, 0.1) is 0 Å². The van der Waals surface area contributed by atoms with E-state index < -0.39 is 6.10 Å². The number of aliphatic imine (C=N–C) groups is 1. The summed E-state index contributed by atoms with van der Waals surface area (Å²) in [6.45, 7) is 5.05. The van der Waals surface area contributed by atoms with E-state index in [0.29, 0.717) is 5.57 Å². The Morgan fingerprint density at radius 3 is 2.67 bits per heavy atom. The molecule has 0 saturated carbocycles. The van der Waals surface area contributed by atoms with E-state index in [1.165, 1.54) is 13.2 Å². The summed E-state index contributed by atoms with van der Waals surface area (Å²) in [5.74, 6) is -0.239. The number of hydrogen-bond acceptors (Lipinski definition) is 4. The van der Waals surface area contributed by atoms with Crippen LogP contribution in [-0.4, -0.2) is 31.6 Å². The Kier molecular flexibility index (Phi) is 4.84. The molecule has 0 aromatic heterocycles. The van der Waals surface area contributed by atoms with Gasteiger partial charge in [-0.2, -0.15) is 0 Å². The zero-order valence-corrected chi connectivity index (χ0v) is 7.16. The fourth-order valence-electron chi connectivity index (χ4n) is 0.659. The summed E-state index contributed by atoms with van der Waals surface area (Å²) in [5.41, 5.74) is 0.392. The third-order valence-electron chi connectivity index (χ3n) is 1.32. The molecule has 0 amide bonds. The number of carbonyl (C=O) groups is 1. The average Bonchev–Trinajstić information content (AvgIpc) is 2.05. The molecule has 0 aliphatic carbocycles. The highest BCUT2D eigenvalue weighted by molar-refractivity contribution is 5.97. The molecule has 0 spiro atoms. The van der Waals surface area contributed by atoms with E-state index >= 15 is 0 Å². The number of carbonyl (C=O) groups excluding carboxylic acids is 2. The standard InChI is InChI=1S/C8H11NO3/c1-6(2)8(11)7(12-3)4-9-5-10/h7H,1,4H2,2-3H3. The van der Waals surface area contributed by atoms with Gasteiger partial charge in [-0.15, -0.1) is 0 Å². The highest BCUT2D eigenvalue weighted by Gasteiger charge is 2.17. The molecule has 0 aromatic rings. The molecule has 0 aliphatic heterocycles. The van der Waals surface area contributed by atoms with Crippen LogP contribution in [0.4, 0.5) is 0 Å². The monoisotopic (exact) mass is 169 g/mol. The number of nitrogens with zero attached hydrogens (tertiary/aromatic N) is 1. The molecule has 0 aromatic carbocycles. The topological polar surface area (TPSA) is 55.7 Å². The summed E-state index contributed by atoms with van der Waals surface area (Å²) in [6.07, 6.45) is 0.635. The van der Waals surface area contributed by atoms with E-state index in [2.05, 4.69) is 11.6 Å². The van der Waals surface area contributed by atoms with Crippen LogP contribution in [0.3, 0.4) is 0 Å². The second-order valence-corrected chi connectivity index (χ2v) is 2.30. The quantitative estimate of drug-likeness (QED) is 0.342. The van der Waals surface area contributed by atoms with E-state index in [0.717, 1.165) is 0 Å². The first-order valence-corrected chi connectivity index (χ1v) is 3.39. The first-order chi connectivity index (χ1) is 5.63. The lowest BCUT2D eigenvalue weighted by Crippen LogP contribution is -2.26. The highest BCUT2D eigenvalue weighted by Crippen LogP contribution is 2.00. The van der Waals surface area contributed by atoms with Crippen LogP contribution in [0.1, 0.15) is 6.92 Å². The molecule has 1 atom stereocenters. The highest BCUT2D eigenvalue weighted by atomic mass is 16.5. The third-order valence-corrected chi connectivity index (χ3v) is 1.32. The van der Waals surface area contributed by atoms with Crippen molar-refractivity contribution in [3.63, 3.8) is 0 Å². The van der Waals surface area contributed by atoms with Crippen molar-refractivity contribution >= 4 is 11.9 Å². The maximum atomic E-state index is 11.2. The van der Waals surface area contributed by atoms with Crippen LogP contribution in [-0.2, 0) is 14.3 Å². The van der Waals surface area contributed by atoms with Crippen LogP contribution < -0.4 is 0 Å². The van der Waals surface area contributed by atoms with Gasteiger partial charge in [0, 0.05) is 7.11 Å². The number of rotatable bonds is 5. The SMILES string of the molecule is C=C(C)C(=O)C(CN=C=O)OC. The third kappa shape index (κ3) is 3.23. The number of methoxy groups -OCH3 is 1. The van der Waals surface area contributed by atoms with Crippen molar-refractivity contribution in [2.24, 2.45) is 4.99 Å². The fraction of sp³-hybridized carbons (Fsp3) is 0.500. The Bertz CT molecular complexity index is 228. The van der Waals surface area contributed by atoms with E-state index in [4.69, 9.17) is 4.74 Å². The summed E-state index contributed by atoms with van der Waals surface area (Å²) in [5, 5.41) is 0. The molecule has 12 heavy (non-hydrogen) atoms. The van der Waals surface area contributed by atoms with Gasteiger partial charge in [0.1, 0.15) is 6.10 Å². The van der Waals surface area contributed by atoms with Gasteiger partial charge in [0.15, 0.2) is 5.78 Å². The van der Waals surface area contributed by atoms with Crippen molar-refractivity contribution < 1.29 is 14.3 Å². The summed E-state index contributed by atoms with van der Waals surface area (Å²) in [7, 11) is 1.38. The molecule has 0 aliphatic rings. The molecule has 66 valence electrons. The number of Topliss-reactive ketones (excluding diaryl/α,β-unsaturated/α-hetero) is 1.